The molecule has 19 rings (SSSR count). The topological polar surface area (TPSA) is 270 Å². The first-order chi connectivity index (χ1) is 61.1. The number of carbonyl (C=O) groups is 3. The number of morpholine rings is 3. The molecule has 0 atom stereocenters. The molecule has 0 bridgehead atoms. The van der Waals surface area contributed by atoms with Crippen LogP contribution in [0.25, 0.3) is 89.5 Å². The van der Waals surface area contributed by atoms with E-state index >= 15 is 0 Å². The predicted molar refractivity (Wildman–Crippen MR) is 497 cm³/mol. The Hall–Kier alpha value is -10.4. The molecule has 25 nitrogen and oxygen atoms in total. The van der Waals surface area contributed by atoms with Crippen molar-refractivity contribution in [2.75, 3.05) is 143 Å². The van der Waals surface area contributed by atoms with Gasteiger partial charge in [0.05, 0.1) is 106 Å². The summed E-state index contributed by atoms with van der Waals surface area (Å²) in [6, 6.07) is 48.3. The van der Waals surface area contributed by atoms with Crippen LogP contribution in [0.5, 0.6) is 17.2 Å². The monoisotopic (exact) mass is 1870 g/mol. The number of hydrogen-bond acceptors (Lipinski definition) is 22. The molecule has 6 aromatic heterocycles. The number of ether oxygens (including phenoxy) is 6. The van der Waals surface area contributed by atoms with Gasteiger partial charge in [0, 0.05) is 173 Å². The molecule has 31 heteroatoms. The van der Waals surface area contributed by atoms with Crippen LogP contribution in [0.15, 0.2) is 177 Å². The fourth-order valence-corrected chi connectivity index (χ4v) is 18.3. The first-order valence-corrected chi connectivity index (χ1v) is 43.5. The average molecular weight is 1880 g/mol. The maximum absolute atomic E-state index is 12.4. The first-order valence-electron chi connectivity index (χ1n) is 42.4. The Labute approximate surface area is 783 Å². The number of methoxy groups -OCH3 is 3. The summed E-state index contributed by atoms with van der Waals surface area (Å²) >= 11 is 19.8. The molecule has 0 unspecified atom stereocenters. The van der Waals surface area contributed by atoms with Gasteiger partial charge in [-0.3, -0.25) is 44.0 Å². The molecule has 0 spiro atoms. The molecule has 4 aliphatic heterocycles. The van der Waals surface area contributed by atoms with Crippen LogP contribution in [0.2, 0.25) is 15.1 Å². The smallest absolute Gasteiger partial charge is 0.512 e. The number of nitrogens with zero attached hydrogens (tertiary/aromatic N) is 11. The first kappa shape index (κ1) is 96.2. The number of nitriles is 1. The van der Waals surface area contributed by atoms with Crippen molar-refractivity contribution in [1.29, 1.82) is 10.5 Å². The van der Waals surface area contributed by atoms with E-state index in [4.69, 9.17) is 97.6 Å². The van der Waals surface area contributed by atoms with Crippen LogP contribution in [-0.2, 0) is 57.2 Å². The Morgan fingerprint density at radius 2 is 0.760 bits per heavy atom. The largest absolute Gasteiger partial charge is 1.00 e. The van der Waals surface area contributed by atoms with Crippen LogP contribution in [0.3, 0.4) is 0 Å². The molecule has 0 radical (unpaired) electrons. The molecule has 6 aromatic carbocycles. The molecule has 129 heavy (non-hydrogen) atoms. The van der Waals surface area contributed by atoms with Crippen molar-refractivity contribution in [3.05, 3.63) is 225 Å². The van der Waals surface area contributed by atoms with Crippen molar-refractivity contribution in [3.63, 3.8) is 0 Å². The van der Waals surface area contributed by atoms with E-state index in [-0.39, 0.29) is 82.1 Å². The van der Waals surface area contributed by atoms with E-state index in [2.05, 4.69) is 99.8 Å². The van der Waals surface area contributed by atoms with Gasteiger partial charge in [-0.1, -0.05) is 71.2 Å². The number of amides is 3. The van der Waals surface area contributed by atoms with Gasteiger partial charge in [-0.25, -0.2) is 0 Å². The average Bonchev–Trinajstić information content (AvgIpc) is 1.59. The molecule has 0 N–H and O–H groups in total. The van der Waals surface area contributed by atoms with Gasteiger partial charge in [0.15, 0.2) is 16.7 Å². The second-order valence-corrected chi connectivity index (χ2v) is 35.3. The Morgan fingerprint density at radius 3 is 1.10 bits per heavy atom. The summed E-state index contributed by atoms with van der Waals surface area (Å²) in [6.07, 6.45) is 11.9. The van der Waals surface area contributed by atoms with Crippen LogP contribution in [-0.4, -0.2) is 223 Å². The summed E-state index contributed by atoms with van der Waals surface area (Å²) in [5.41, 5.74) is 16.0. The van der Waals surface area contributed by atoms with Gasteiger partial charge in [-0.2, -0.15) is 5.26 Å². The van der Waals surface area contributed by atoms with Crippen LogP contribution in [0.1, 0.15) is 120 Å². The van der Waals surface area contributed by atoms with Gasteiger partial charge in [0.1, 0.15) is 51.1 Å². The normalized spacial score (nSPS) is 17.3. The third kappa shape index (κ3) is 19.5. The van der Waals surface area contributed by atoms with Crippen molar-refractivity contribution in [3.8, 4) is 79.5 Å². The fraction of sp³-hybridized carbons (Fsp3) is 0.367. The van der Waals surface area contributed by atoms with Gasteiger partial charge in [0.25, 0.3) is 17.7 Å². The summed E-state index contributed by atoms with van der Waals surface area (Å²) in [5.74, 6) is 3.15. The van der Waals surface area contributed by atoms with Crippen LogP contribution < -0.4 is 19.7 Å². The second kappa shape index (κ2) is 40.1. The zero-order chi connectivity index (χ0) is 90.0. The van der Waals surface area contributed by atoms with E-state index in [0.717, 1.165) is 170 Å². The number of halogens is 4. The number of hydrogen-bond donors (Lipinski definition) is 0. The number of pyridine rings is 3. The van der Waals surface area contributed by atoms with Crippen molar-refractivity contribution < 1.29 is 82.4 Å². The minimum atomic E-state index is -0.366. The molecule has 3 aliphatic carbocycles. The summed E-state index contributed by atoms with van der Waals surface area (Å²) in [4.78, 5) is 62.3. The van der Waals surface area contributed by atoms with Gasteiger partial charge >= 0.3 is 24.2 Å². The minimum Gasteiger partial charge on any atom is -0.512 e. The van der Waals surface area contributed by atoms with E-state index in [1.165, 1.54) is 38.7 Å². The quantitative estimate of drug-likeness (QED) is 0.0570. The standard InChI is InChI=1S/C31H30N4O4.C30H30ClN3O4.C19H27BClNO3.C17H15ClN2O3.CN.ClH.Cu/c1-34(2)30(36)21-4-6-24(27(17-21)37-3)28-18-26-29(39-28)23(8-11-33-26)20-5-7-25(22(16-20)19-32)31(9-10-31)35-12-14-38-15-13-35;1-33(2)29(35)20-4-6-22(26(17-20)36-3)27-18-25-28(38-27)21(8-11-32-25)19-5-7-23(24(31)16-19)30(9-10-30)34-12-14-37-15-13-34;1-17(2)18(3,4)25-20(24-17)14-5-6-15(16(21)13-14)19(7-8-19)22-9-11-23-12-10-22;1-20(2)17(21)10-4-5-11(14(8-10)22-3)15-9-13-16(23-15)12(18)6-7-19-13;1-2;;/h4-8,11,16-18H,9-10,12-15H2,1-3H3;4-8,11,16-18H,9-10,12-15H2,1-3H3;5-6,13H,7-12H2,1-4H3;4-9H,1-3H3;;1H;/q;;;;-1;;+1. The van der Waals surface area contributed by atoms with E-state index in [1.54, 1.807) is 137 Å². The summed E-state index contributed by atoms with van der Waals surface area (Å²) in [5, 5.41) is 18.5. The van der Waals surface area contributed by atoms with Crippen molar-refractivity contribution in [2.45, 2.75) is 94.0 Å². The fourth-order valence-electron chi connectivity index (χ4n) is 17.4. The predicted octanol–water partition coefficient (Wildman–Crippen LogP) is 18.2. The molecule has 3 amide bonds. The zero-order valence-corrected chi connectivity index (χ0v) is 78.4. The number of fused-ring (bicyclic) bond motifs is 3. The molecular weight excluding hydrogens is 1770 g/mol. The number of carbonyl (C=O) groups excluding carboxylic acids is 3. The van der Waals surface area contributed by atoms with E-state index < -0.39 is 0 Å². The van der Waals surface area contributed by atoms with Crippen molar-refractivity contribution in [1.82, 2.24) is 44.4 Å². The SMILES string of the molecule is CC1(C)OB(c2ccc(C3(N4CCOCC4)CC3)c(Cl)c2)OC1(C)C.COc1cc(C(=O)N(C)C)ccc1-c1cc2nccc(-c3ccc(C4(N5CCOCC5)CC4)c(C#N)c3)c2o1.COc1cc(C(=O)N(C)C)ccc1-c1cc2nccc(-c3ccc(C4(N5CCOCC5)CC4)c(Cl)c3)c2o1.COc1cc(C(=O)N(C)C)ccc1-c1cc2nccc(Cl)c2o1.Cl.[C-]#N.[Cu+]. The third-order valence-corrected chi connectivity index (χ3v) is 26.2. The third-order valence-electron chi connectivity index (χ3n) is 25.3. The molecule has 7 aliphatic rings. The van der Waals surface area contributed by atoms with Crippen LogP contribution >= 0.6 is 47.2 Å². The minimum absolute atomic E-state index is 0. The Kier molecular flexibility index (Phi) is 29.9. The van der Waals surface area contributed by atoms with Crippen LogP contribution in [0.4, 0.5) is 0 Å². The molecular formula is C98H103BCl4CuN11O14. The summed E-state index contributed by atoms with van der Waals surface area (Å²) < 4.78 is 64.1. The maximum Gasteiger partial charge on any atom is 1.00 e. The van der Waals surface area contributed by atoms with E-state index in [0.29, 0.717) is 89.6 Å². The molecule has 12 aromatic rings. The van der Waals surface area contributed by atoms with Gasteiger partial charge < -0.3 is 77.5 Å². The number of benzene rings is 6. The van der Waals surface area contributed by atoms with Crippen molar-refractivity contribution >= 4 is 111 Å². The van der Waals surface area contributed by atoms with E-state index in [9.17, 15) is 19.6 Å². The Balaban J connectivity index is 0.000000148. The number of rotatable bonds is 18. The molecule has 676 valence electrons. The van der Waals surface area contributed by atoms with Gasteiger partial charge in [-0.15, -0.1) is 12.4 Å². The van der Waals surface area contributed by atoms with E-state index in [1.807, 2.05) is 54.6 Å². The number of aromatic nitrogens is 3. The van der Waals surface area contributed by atoms with Crippen LogP contribution in [0, 0.1) is 23.2 Å². The Bertz CT molecular complexity index is 6160. The summed E-state index contributed by atoms with van der Waals surface area (Å²) in [6.45, 7) is 23.3. The van der Waals surface area contributed by atoms with Gasteiger partial charge in [0.2, 0.25) is 0 Å². The zero-order valence-electron chi connectivity index (χ0n) is 74.4. The molecule has 4 saturated heterocycles. The van der Waals surface area contributed by atoms with Gasteiger partial charge in [-0.05, 0) is 190 Å². The summed E-state index contributed by atoms with van der Waals surface area (Å²) in [7, 11) is 14.6. The molecule has 10 heterocycles. The van der Waals surface area contributed by atoms with Crippen molar-refractivity contribution in [2.24, 2.45) is 0 Å². The second-order valence-electron chi connectivity index (χ2n) is 34.1. The maximum atomic E-state index is 12.4. The number of furan rings is 3. The molecule has 3 saturated carbocycles. The molecule has 7 fully saturated rings. The Morgan fingerprint density at radius 1 is 0.426 bits per heavy atom.